The molecule has 0 bridgehead atoms. The summed E-state index contributed by atoms with van der Waals surface area (Å²) in [6.45, 7) is 6.55. The van der Waals surface area contributed by atoms with Crippen LogP contribution in [-0.2, 0) is 30.2 Å². The summed E-state index contributed by atoms with van der Waals surface area (Å²) in [5, 5.41) is 8.24. The van der Waals surface area contributed by atoms with Gasteiger partial charge < -0.3 is 0 Å². The number of rotatable bonds is 5. The molecule has 0 fully saturated rings. The first kappa shape index (κ1) is 14.7. The van der Waals surface area contributed by atoms with E-state index in [1.54, 1.807) is 9.36 Å². The summed E-state index contributed by atoms with van der Waals surface area (Å²) in [5.41, 5.74) is 2.69. The lowest BCUT2D eigenvalue weighted by Crippen LogP contribution is -2.23. The molecule has 0 unspecified atom stereocenters. The van der Waals surface area contributed by atoms with Crippen LogP contribution in [0.25, 0.3) is 0 Å². The molecule has 7 nitrogen and oxygen atoms in total. The molecular weight excluding hydrogens is 278 g/mol. The fourth-order valence-corrected chi connectivity index (χ4v) is 2.93. The van der Waals surface area contributed by atoms with Crippen molar-refractivity contribution in [3.8, 4) is 0 Å². The van der Waals surface area contributed by atoms with E-state index in [9.17, 15) is 8.42 Å². The smallest absolute Gasteiger partial charge is 0.243 e. The minimum absolute atomic E-state index is 0.179. The summed E-state index contributed by atoms with van der Waals surface area (Å²) in [7, 11) is -1.70. The Kier molecular flexibility index (Phi) is 3.96. The predicted molar refractivity (Wildman–Crippen MR) is 74.6 cm³/mol. The maximum Gasteiger partial charge on any atom is 0.243 e. The molecule has 0 aliphatic rings. The quantitative estimate of drug-likeness (QED) is 0.882. The molecule has 0 aliphatic heterocycles. The summed E-state index contributed by atoms with van der Waals surface area (Å²) >= 11 is 0. The Morgan fingerprint density at radius 3 is 2.55 bits per heavy atom. The molecular formula is C12H19N5O2S. The molecule has 2 rings (SSSR count). The number of hydrogen-bond acceptors (Lipinski definition) is 4. The van der Waals surface area contributed by atoms with Gasteiger partial charge in [0, 0.05) is 37.6 Å². The minimum Gasteiger partial charge on any atom is -0.272 e. The first-order chi connectivity index (χ1) is 9.35. The van der Waals surface area contributed by atoms with Gasteiger partial charge in [0.1, 0.15) is 4.90 Å². The van der Waals surface area contributed by atoms with Crippen LogP contribution in [-0.4, -0.2) is 28.0 Å². The van der Waals surface area contributed by atoms with Crippen LogP contribution in [0.4, 0.5) is 0 Å². The van der Waals surface area contributed by atoms with E-state index in [0.29, 0.717) is 6.54 Å². The molecule has 0 aromatic carbocycles. The van der Waals surface area contributed by atoms with Gasteiger partial charge in [-0.3, -0.25) is 9.36 Å². The average Bonchev–Trinajstić information content (AvgIpc) is 2.95. The van der Waals surface area contributed by atoms with Crippen LogP contribution in [0.5, 0.6) is 0 Å². The highest BCUT2D eigenvalue weighted by Crippen LogP contribution is 2.13. The Morgan fingerprint density at radius 1 is 1.35 bits per heavy atom. The van der Waals surface area contributed by atoms with E-state index in [4.69, 9.17) is 0 Å². The lowest BCUT2D eigenvalue weighted by atomic mass is 10.2. The van der Waals surface area contributed by atoms with Crippen molar-refractivity contribution in [2.75, 3.05) is 0 Å². The molecule has 1 N–H and O–H groups in total. The zero-order valence-electron chi connectivity index (χ0n) is 12.1. The van der Waals surface area contributed by atoms with E-state index < -0.39 is 10.0 Å². The largest absolute Gasteiger partial charge is 0.272 e. The normalized spacial score (nSPS) is 12.0. The minimum atomic E-state index is -3.54. The lowest BCUT2D eigenvalue weighted by molar-refractivity contribution is 0.580. The van der Waals surface area contributed by atoms with Crippen molar-refractivity contribution >= 4 is 10.0 Å². The molecule has 2 heterocycles. The molecule has 110 valence electrons. The van der Waals surface area contributed by atoms with Crippen LogP contribution >= 0.6 is 0 Å². The van der Waals surface area contributed by atoms with Gasteiger partial charge in [-0.1, -0.05) is 0 Å². The Balaban J connectivity index is 2.17. The molecule has 0 amide bonds. The molecule has 0 spiro atoms. The van der Waals surface area contributed by atoms with E-state index in [-0.39, 0.29) is 11.4 Å². The van der Waals surface area contributed by atoms with Crippen LogP contribution in [0.2, 0.25) is 0 Å². The van der Waals surface area contributed by atoms with E-state index in [2.05, 4.69) is 14.9 Å². The van der Waals surface area contributed by atoms with E-state index >= 15 is 0 Å². The Morgan fingerprint density at radius 2 is 2.05 bits per heavy atom. The highest BCUT2D eigenvalue weighted by molar-refractivity contribution is 7.89. The van der Waals surface area contributed by atoms with Gasteiger partial charge in [0.15, 0.2) is 0 Å². The maximum atomic E-state index is 12.2. The SMILES string of the molecule is CCn1cc(S(=O)(=O)NCc2c(C)nn(C)c2C)cn1. The number of nitrogens with one attached hydrogen (secondary N) is 1. The molecule has 0 radical (unpaired) electrons. The van der Waals surface area contributed by atoms with Crippen molar-refractivity contribution < 1.29 is 8.42 Å². The Labute approximate surface area is 118 Å². The fraction of sp³-hybridized carbons (Fsp3) is 0.500. The van der Waals surface area contributed by atoms with Gasteiger partial charge in [0.25, 0.3) is 0 Å². The van der Waals surface area contributed by atoms with Crippen molar-refractivity contribution in [1.82, 2.24) is 24.3 Å². The first-order valence-corrected chi connectivity index (χ1v) is 7.84. The van der Waals surface area contributed by atoms with Crippen molar-refractivity contribution in [3.05, 3.63) is 29.3 Å². The number of sulfonamides is 1. The lowest BCUT2D eigenvalue weighted by Gasteiger charge is -2.05. The molecule has 0 saturated heterocycles. The second-order valence-corrected chi connectivity index (χ2v) is 6.40. The van der Waals surface area contributed by atoms with Crippen molar-refractivity contribution in [2.45, 2.75) is 38.8 Å². The van der Waals surface area contributed by atoms with Crippen molar-refractivity contribution in [1.29, 1.82) is 0 Å². The zero-order valence-corrected chi connectivity index (χ0v) is 12.9. The summed E-state index contributed by atoms with van der Waals surface area (Å²) in [5.74, 6) is 0. The van der Waals surface area contributed by atoms with Gasteiger partial charge in [0.05, 0.1) is 11.9 Å². The molecule has 20 heavy (non-hydrogen) atoms. The van der Waals surface area contributed by atoms with Crippen LogP contribution in [0.3, 0.4) is 0 Å². The third-order valence-electron chi connectivity index (χ3n) is 3.34. The highest BCUT2D eigenvalue weighted by Gasteiger charge is 2.18. The van der Waals surface area contributed by atoms with Gasteiger partial charge in [-0.15, -0.1) is 0 Å². The Hall–Kier alpha value is -1.67. The third kappa shape index (κ3) is 2.75. The van der Waals surface area contributed by atoms with Crippen LogP contribution in [0.15, 0.2) is 17.3 Å². The van der Waals surface area contributed by atoms with E-state index in [1.165, 1.54) is 12.4 Å². The second kappa shape index (κ2) is 5.37. The summed E-state index contributed by atoms with van der Waals surface area (Å²) in [4.78, 5) is 0.179. The van der Waals surface area contributed by atoms with E-state index in [1.807, 2.05) is 27.8 Å². The van der Waals surface area contributed by atoms with Gasteiger partial charge in [-0.05, 0) is 20.8 Å². The van der Waals surface area contributed by atoms with Crippen LogP contribution in [0, 0.1) is 13.8 Å². The van der Waals surface area contributed by atoms with Gasteiger partial charge in [0.2, 0.25) is 10.0 Å². The Bertz CT molecular complexity index is 714. The van der Waals surface area contributed by atoms with Gasteiger partial charge >= 0.3 is 0 Å². The van der Waals surface area contributed by atoms with Crippen LogP contribution in [0.1, 0.15) is 23.9 Å². The average molecular weight is 297 g/mol. The van der Waals surface area contributed by atoms with Gasteiger partial charge in [-0.2, -0.15) is 10.2 Å². The number of hydrogen-bond donors (Lipinski definition) is 1. The first-order valence-electron chi connectivity index (χ1n) is 6.36. The number of aromatic nitrogens is 4. The number of nitrogens with zero attached hydrogens (tertiary/aromatic N) is 4. The standard InChI is InChI=1S/C12H19N5O2S/c1-5-17-8-11(6-13-17)20(18,19)14-7-12-9(2)15-16(4)10(12)3/h6,8,14H,5,7H2,1-4H3. The van der Waals surface area contributed by atoms with Gasteiger partial charge in [-0.25, -0.2) is 13.1 Å². The third-order valence-corrected chi connectivity index (χ3v) is 4.70. The summed E-state index contributed by atoms with van der Waals surface area (Å²) < 4.78 is 30.3. The summed E-state index contributed by atoms with van der Waals surface area (Å²) in [6, 6.07) is 0. The maximum absolute atomic E-state index is 12.2. The number of aryl methyl sites for hydroxylation is 3. The molecule has 0 aliphatic carbocycles. The second-order valence-electron chi connectivity index (χ2n) is 4.63. The topological polar surface area (TPSA) is 81.8 Å². The molecule has 0 atom stereocenters. The molecule has 8 heteroatoms. The molecule has 0 saturated carbocycles. The van der Waals surface area contributed by atoms with Crippen molar-refractivity contribution in [2.24, 2.45) is 7.05 Å². The zero-order chi connectivity index (χ0) is 14.9. The predicted octanol–water partition coefficient (Wildman–Crippen LogP) is 0.732. The molecule has 2 aromatic heterocycles. The molecule has 2 aromatic rings. The van der Waals surface area contributed by atoms with E-state index in [0.717, 1.165) is 17.0 Å². The summed E-state index contributed by atoms with van der Waals surface area (Å²) in [6.07, 6.45) is 2.88. The highest BCUT2D eigenvalue weighted by atomic mass is 32.2. The van der Waals surface area contributed by atoms with Crippen LogP contribution < -0.4 is 4.72 Å². The van der Waals surface area contributed by atoms with Crippen molar-refractivity contribution in [3.63, 3.8) is 0 Å². The fourth-order valence-electron chi connectivity index (χ4n) is 1.98. The monoisotopic (exact) mass is 297 g/mol.